The number of hydrogen-bond donors (Lipinski definition) is 2. The van der Waals surface area contributed by atoms with E-state index in [2.05, 4.69) is 35.6 Å². The highest BCUT2D eigenvalue weighted by Gasteiger charge is 2.30. The van der Waals surface area contributed by atoms with Crippen LogP contribution in [0.2, 0.25) is 30.7 Å². The van der Waals surface area contributed by atoms with E-state index in [1.54, 1.807) is 6.07 Å². The Hall–Kier alpha value is -3.66. The Bertz CT molecular complexity index is 1550. The Morgan fingerprint density at radius 2 is 1.88 bits per heavy atom. The molecule has 1 aliphatic rings. The number of nitrogens with two attached hydrogens (primary N) is 1. The molecule has 0 fully saturated rings. The molecule has 0 aliphatic heterocycles. The number of hydrogen-bond acceptors (Lipinski definition) is 6. The Balaban J connectivity index is 1.46. The summed E-state index contributed by atoms with van der Waals surface area (Å²) < 4.78 is 13.1. The average molecular weight is 590 g/mol. The summed E-state index contributed by atoms with van der Waals surface area (Å²) in [5, 5.41) is 3.34. The van der Waals surface area contributed by atoms with Gasteiger partial charge in [0.2, 0.25) is 0 Å². The number of imidazole rings is 1. The van der Waals surface area contributed by atoms with Crippen LogP contribution in [0.15, 0.2) is 60.9 Å². The van der Waals surface area contributed by atoms with E-state index in [0.717, 1.165) is 52.8 Å². The van der Waals surface area contributed by atoms with Crippen LogP contribution in [0.4, 0.5) is 16.2 Å². The van der Waals surface area contributed by atoms with Gasteiger partial charge in [0.1, 0.15) is 12.6 Å². The van der Waals surface area contributed by atoms with Gasteiger partial charge in [-0.25, -0.2) is 9.78 Å². The van der Waals surface area contributed by atoms with Crippen molar-refractivity contribution in [3.8, 4) is 22.4 Å². The molecule has 2 heterocycles. The Morgan fingerprint density at radius 1 is 1.10 bits per heavy atom. The summed E-state index contributed by atoms with van der Waals surface area (Å²) in [4.78, 5) is 21.5. The number of halogens is 1. The van der Waals surface area contributed by atoms with E-state index < -0.39 is 14.2 Å². The minimum absolute atomic E-state index is 0.0466. The standard InChI is InChI=1S/C31H36ClN5O3Si/c1-39-31(38)36-24-9-5-20(6-10-24)28-18-35-30(37(28)19-40-13-14-41(2,3)4)25-11-7-21-15-22(17-34-29(21)25)26-16-23(32)8-12-27(26)33/h5-6,8-10,12,15-18,25H,7,11,13-14,19,33H2,1-4H3,(H,36,38)/q-1. The normalized spacial score (nSPS) is 14.6. The quantitative estimate of drug-likeness (QED) is 0.120. The molecule has 4 aromatic rings. The molecule has 2 aromatic carbocycles. The molecular weight excluding hydrogens is 554 g/mol. The molecule has 41 heavy (non-hydrogen) atoms. The molecule has 3 N–H and O–H groups in total. The highest BCUT2D eigenvalue weighted by atomic mass is 35.5. The zero-order valence-electron chi connectivity index (χ0n) is 23.9. The summed E-state index contributed by atoms with van der Waals surface area (Å²) in [6, 6.07) is 16.4. The van der Waals surface area contributed by atoms with Crippen molar-refractivity contribution in [1.29, 1.82) is 0 Å². The second-order valence-corrected chi connectivity index (χ2v) is 17.6. The number of nitrogens with one attached hydrogen (secondary N) is 1. The van der Waals surface area contributed by atoms with Gasteiger partial charge in [-0.1, -0.05) is 23.7 Å². The van der Waals surface area contributed by atoms with Gasteiger partial charge < -0.3 is 19.8 Å². The first kappa shape index (κ1) is 28.9. The van der Waals surface area contributed by atoms with E-state index in [0.29, 0.717) is 29.7 Å². The number of pyridine rings is 1. The van der Waals surface area contributed by atoms with E-state index in [-0.39, 0.29) is 5.92 Å². The summed E-state index contributed by atoms with van der Waals surface area (Å²) >= 11 is 6.25. The number of carbonyl (C=O) groups excluding carboxylic acids is 1. The van der Waals surface area contributed by atoms with Gasteiger partial charge in [-0.3, -0.25) is 10.3 Å². The van der Waals surface area contributed by atoms with Crippen LogP contribution in [-0.2, 0) is 22.6 Å². The topological polar surface area (TPSA) is 104 Å². The number of nitrogen functional groups attached to an aromatic ring is 1. The van der Waals surface area contributed by atoms with Gasteiger partial charge in [-0.2, -0.15) is 19.6 Å². The second-order valence-electron chi connectivity index (χ2n) is 11.6. The summed E-state index contributed by atoms with van der Waals surface area (Å²) in [5.74, 6) is 0.983. The number of amides is 1. The summed E-state index contributed by atoms with van der Waals surface area (Å²) in [6.45, 7) is 8.15. The maximum Gasteiger partial charge on any atom is 0.411 e. The lowest BCUT2D eigenvalue weighted by atomic mass is 10.0. The van der Waals surface area contributed by atoms with Gasteiger partial charge in [0.25, 0.3) is 0 Å². The largest absolute Gasteiger partial charge is 0.453 e. The second kappa shape index (κ2) is 12.1. The molecule has 10 heteroatoms. The first-order valence-corrected chi connectivity index (χ1v) is 17.8. The summed E-state index contributed by atoms with van der Waals surface area (Å²) in [5.41, 5.74) is 13.6. The van der Waals surface area contributed by atoms with E-state index in [1.165, 1.54) is 12.7 Å². The predicted molar refractivity (Wildman–Crippen MR) is 167 cm³/mol. The van der Waals surface area contributed by atoms with Crippen molar-refractivity contribution in [3.05, 3.63) is 83.0 Å². The fraction of sp³-hybridized carbons (Fsp3) is 0.323. The third-order valence-electron chi connectivity index (χ3n) is 7.39. The van der Waals surface area contributed by atoms with Crippen molar-refractivity contribution >= 4 is 37.1 Å². The molecule has 1 aliphatic carbocycles. The van der Waals surface area contributed by atoms with E-state index in [1.807, 2.05) is 48.8 Å². The highest BCUT2D eigenvalue weighted by molar-refractivity contribution is 6.76. The molecule has 0 spiro atoms. The Kier molecular flexibility index (Phi) is 8.49. The number of carbonyl (C=O) groups is 1. The molecule has 0 radical (unpaired) electrons. The van der Waals surface area contributed by atoms with Crippen LogP contribution < -0.4 is 11.1 Å². The van der Waals surface area contributed by atoms with Crippen molar-refractivity contribution in [1.82, 2.24) is 14.5 Å². The Labute approximate surface area is 246 Å². The minimum atomic E-state index is -1.23. The number of aromatic nitrogens is 3. The molecule has 8 nitrogen and oxygen atoms in total. The molecule has 1 unspecified atom stereocenters. The minimum Gasteiger partial charge on any atom is -0.453 e. The van der Waals surface area contributed by atoms with Crippen molar-refractivity contribution in [2.75, 3.05) is 24.8 Å². The van der Waals surface area contributed by atoms with Crippen molar-refractivity contribution in [2.24, 2.45) is 0 Å². The summed E-state index contributed by atoms with van der Waals surface area (Å²) in [6.07, 6.45) is 5.08. The third kappa shape index (κ3) is 6.64. The van der Waals surface area contributed by atoms with Crippen LogP contribution in [-0.4, -0.2) is 42.4 Å². The molecule has 2 aromatic heterocycles. The van der Waals surface area contributed by atoms with E-state index in [9.17, 15) is 4.79 Å². The Morgan fingerprint density at radius 3 is 2.61 bits per heavy atom. The molecular formula is C31H36ClN5O3Si-. The number of benzene rings is 2. The van der Waals surface area contributed by atoms with Crippen LogP contribution in [0.25, 0.3) is 22.4 Å². The van der Waals surface area contributed by atoms with E-state index in [4.69, 9.17) is 36.8 Å². The number of aryl methyl sites for hydroxylation is 1. The first-order valence-electron chi connectivity index (χ1n) is 13.8. The van der Waals surface area contributed by atoms with Crippen LogP contribution in [0.5, 0.6) is 0 Å². The van der Waals surface area contributed by atoms with Crippen LogP contribution in [0.3, 0.4) is 0 Å². The average Bonchev–Trinajstić information content (AvgIpc) is 3.55. The zero-order chi connectivity index (χ0) is 29.1. The molecule has 0 bridgehead atoms. The third-order valence-corrected chi connectivity index (χ3v) is 9.33. The monoisotopic (exact) mass is 589 g/mol. The molecule has 215 valence electrons. The summed E-state index contributed by atoms with van der Waals surface area (Å²) in [7, 11) is 0.113. The SMILES string of the molecule is COC(=O)Nc1ccc(-c2cnc(C3CCc4cc(-c5cc(Cl)ccc5N)cnc43)n2COCC[Si-](C)(C)C)cc1. The van der Waals surface area contributed by atoms with Gasteiger partial charge in [0.15, 0.2) is 0 Å². The molecule has 1 atom stereocenters. The highest BCUT2D eigenvalue weighted by Crippen LogP contribution is 2.40. The van der Waals surface area contributed by atoms with Gasteiger partial charge in [-0.15, -0.1) is 14.1 Å². The van der Waals surface area contributed by atoms with Crippen LogP contribution in [0.1, 0.15) is 29.4 Å². The van der Waals surface area contributed by atoms with Gasteiger partial charge >= 0.3 is 6.09 Å². The lowest BCUT2D eigenvalue weighted by Crippen LogP contribution is -2.22. The number of methoxy groups -OCH3 is 1. The molecule has 0 saturated carbocycles. The number of fused-ring (bicyclic) bond motifs is 1. The van der Waals surface area contributed by atoms with Crippen LogP contribution in [0, 0.1) is 0 Å². The van der Waals surface area contributed by atoms with Crippen LogP contribution >= 0.6 is 11.6 Å². The number of nitrogens with zero attached hydrogens (tertiary/aromatic N) is 3. The lowest BCUT2D eigenvalue weighted by molar-refractivity contribution is 0.0857. The maximum atomic E-state index is 11.6. The van der Waals surface area contributed by atoms with Gasteiger partial charge in [-0.05, 0) is 60.4 Å². The smallest absolute Gasteiger partial charge is 0.411 e. The lowest BCUT2D eigenvalue weighted by Gasteiger charge is -2.27. The van der Waals surface area contributed by atoms with Gasteiger partial charge in [0, 0.05) is 40.3 Å². The number of anilines is 2. The van der Waals surface area contributed by atoms with Crippen molar-refractivity contribution in [2.45, 2.75) is 51.2 Å². The van der Waals surface area contributed by atoms with Crippen molar-refractivity contribution < 1.29 is 14.3 Å². The fourth-order valence-electron chi connectivity index (χ4n) is 5.11. The molecule has 5 rings (SSSR count). The maximum absolute atomic E-state index is 11.6. The molecule has 1 amide bonds. The molecule has 0 saturated heterocycles. The van der Waals surface area contributed by atoms with Crippen molar-refractivity contribution in [3.63, 3.8) is 0 Å². The predicted octanol–water partition coefficient (Wildman–Crippen LogP) is 7.42. The van der Waals surface area contributed by atoms with Gasteiger partial charge in [0.05, 0.1) is 30.6 Å². The zero-order valence-corrected chi connectivity index (χ0v) is 25.7. The fourth-order valence-corrected chi connectivity index (χ4v) is 6.04. The first-order chi connectivity index (χ1) is 19.6. The van der Waals surface area contributed by atoms with E-state index >= 15 is 0 Å². The number of rotatable bonds is 9. The number of ether oxygens (including phenoxy) is 2.